The van der Waals surface area contributed by atoms with E-state index < -0.39 is 0 Å². The molecule has 0 aliphatic carbocycles. The van der Waals surface area contributed by atoms with Gasteiger partial charge in [-0.1, -0.05) is 57.7 Å². The number of aryl methyl sites for hydroxylation is 1. The predicted molar refractivity (Wildman–Crippen MR) is 94.4 cm³/mol. The molecule has 0 radical (unpaired) electrons. The van der Waals surface area contributed by atoms with Crippen molar-refractivity contribution < 1.29 is 4.79 Å². The predicted octanol–water partition coefficient (Wildman–Crippen LogP) is 5.00. The molecular weight excluding hydrogens is 258 g/mol. The first-order chi connectivity index (χ1) is 9.97. The lowest BCUT2D eigenvalue weighted by Crippen LogP contribution is -2.11. The molecule has 0 fully saturated rings. The fourth-order valence-corrected chi connectivity index (χ4v) is 1.53. The third-order valence-corrected chi connectivity index (χ3v) is 2.64. The fraction of sp³-hybridized carbons (Fsp3) is 0.526. The van der Waals surface area contributed by atoms with Crippen LogP contribution < -0.4 is 5.32 Å². The smallest absolute Gasteiger partial charge is 0.116 e. The number of allylic oxidation sites excluding steroid dienone is 1. The van der Waals surface area contributed by atoms with Gasteiger partial charge in [0.05, 0.1) is 0 Å². The second-order valence-electron chi connectivity index (χ2n) is 5.32. The highest BCUT2D eigenvalue weighted by Gasteiger charge is 1.92. The second kappa shape index (κ2) is 16.5. The lowest BCUT2D eigenvalue weighted by Gasteiger charge is -2.06. The van der Waals surface area contributed by atoms with Gasteiger partial charge in [-0.25, -0.2) is 0 Å². The van der Waals surface area contributed by atoms with Crippen LogP contribution in [0, 0.1) is 5.92 Å². The average Bonchev–Trinajstić information content (AvgIpc) is 2.46. The summed E-state index contributed by atoms with van der Waals surface area (Å²) in [6.07, 6.45) is 4.45. The molecule has 0 heterocycles. The molecule has 0 saturated carbocycles. The molecule has 0 aliphatic rings. The molecule has 0 aromatic heterocycles. The van der Waals surface area contributed by atoms with Crippen molar-refractivity contribution in [1.82, 2.24) is 5.32 Å². The average molecular weight is 291 g/mol. The number of aldehydes is 1. The maximum absolute atomic E-state index is 8.81. The molecule has 0 saturated heterocycles. The van der Waals surface area contributed by atoms with E-state index in [4.69, 9.17) is 4.79 Å². The van der Waals surface area contributed by atoms with Crippen LogP contribution in [0.3, 0.4) is 0 Å². The Balaban J connectivity index is 0. The maximum atomic E-state index is 8.81. The molecule has 2 heteroatoms. The summed E-state index contributed by atoms with van der Waals surface area (Å²) in [4.78, 5) is 8.81. The van der Waals surface area contributed by atoms with E-state index in [-0.39, 0.29) is 0 Å². The minimum absolute atomic E-state index is 0.750. The topological polar surface area (TPSA) is 29.1 Å². The Morgan fingerprint density at radius 3 is 2.14 bits per heavy atom. The molecule has 0 bridgehead atoms. The lowest BCUT2D eigenvalue weighted by atomic mass is 10.1. The Bertz CT molecular complexity index is 344. The number of carbonyl (C=O) groups excluding carboxylic acids is 1. The van der Waals surface area contributed by atoms with Crippen LogP contribution >= 0.6 is 0 Å². The SMILES string of the molecule is C=C(C)NCCCC(C)C.CC=O.CCc1ccccc1. The van der Waals surface area contributed by atoms with E-state index in [1.54, 1.807) is 0 Å². The van der Waals surface area contributed by atoms with Crippen molar-refractivity contribution in [3.8, 4) is 0 Å². The molecule has 21 heavy (non-hydrogen) atoms. The van der Waals surface area contributed by atoms with Crippen LogP contribution in [0.4, 0.5) is 0 Å². The van der Waals surface area contributed by atoms with Gasteiger partial charge in [0.1, 0.15) is 6.29 Å². The Morgan fingerprint density at radius 2 is 1.81 bits per heavy atom. The first kappa shape index (κ1) is 21.7. The summed E-state index contributed by atoms with van der Waals surface area (Å²) >= 11 is 0. The molecule has 1 N–H and O–H groups in total. The number of benzene rings is 1. The van der Waals surface area contributed by atoms with Crippen LogP contribution in [0.1, 0.15) is 53.0 Å². The summed E-state index contributed by atoms with van der Waals surface area (Å²) in [5, 5.41) is 3.21. The molecule has 120 valence electrons. The summed E-state index contributed by atoms with van der Waals surface area (Å²) in [5.41, 5.74) is 2.48. The number of rotatable bonds is 6. The standard InChI is InChI=1S/C9H19N.C8H10.C2H4O/c1-8(2)6-5-7-10-9(3)4;1-2-8-6-4-3-5-7-8;1-2-3/h8,10H,3,5-7H2,1-2,4H3;3-7H,2H2,1H3;2H,1H3. The summed E-state index contributed by atoms with van der Waals surface area (Å²) in [5.74, 6) is 0.826. The van der Waals surface area contributed by atoms with E-state index in [1.165, 1.54) is 25.3 Å². The van der Waals surface area contributed by atoms with Gasteiger partial charge in [-0.2, -0.15) is 0 Å². The maximum Gasteiger partial charge on any atom is 0.116 e. The Hall–Kier alpha value is -1.57. The summed E-state index contributed by atoms with van der Waals surface area (Å²) in [6.45, 7) is 14.9. The van der Waals surface area contributed by atoms with Gasteiger partial charge in [-0.15, -0.1) is 0 Å². The molecule has 2 nitrogen and oxygen atoms in total. The van der Waals surface area contributed by atoms with E-state index in [0.717, 1.165) is 30.9 Å². The number of hydrogen-bond acceptors (Lipinski definition) is 2. The van der Waals surface area contributed by atoms with Gasteiger partial charge >= 0.3 is 0 Å². The Kier molecular flexibility index (Phi) is 17.1. The number of nitrogens with one attached hydrogen (secondary N) is 1. The van der Waals surface area contributed by atoms with E-state index in [9.17, 15) is 0 Å². The number of carbonyl (C=O) groups is 1. The van der Waals surface area contributed by atoms with Crippen LogP contribution in [0.5, 0.6) is 0 Å². The quantitative estimate of drug-likeness (QED) is 0.590. The monoisotopic (exact) mass is 291 g/mol. The van der Waals surface area contributed by atoms with Crippen molar-refractivity contribution in [2.24, 2.45) is 5.92 Å². The zero-order chi connectivity index (χ0) is 16.5. The van der Waals surface area contributed by atoms with Gasteiger partial charge in [0.15, 0.2) is 0 Å². The third-order valence-electron chi connectivity index (χ3n) is 2.64. The van der Waals surface area contributed by atoms with Crippen LogP contribution in [-0.4, -0.2) is 12.8 Å². The molecule has 0 aliphatic heterocycles. The summed E-state index contributed by atoms with van der Waals surface area (Å²) in [7, 11) is 0. The first-order valence-corrected chi connectivity index (χ1v) is 7.80. The summed E-state index contributed by atoms with van der Waals surface area (Å²) < 4.78 is 0. The minimum Gasteiger partial charge on any atom is -0.389 e. The minimum atomic E-state index is 0.750. The molecule has 1 aromatic rings. The molecule has 1 rings (SSSR count). The van der Waals surface area contributed by atoms with Crippen molar-refractivity contribution in [2.75, 3.05) is 6.54 Å². The van der Waals surface area contributed by atoms with Gasteiger partial charge in [0, 0.05) is 12.2 Å². The Morgan fingerprint density at radius 1 is 1.29 bits per heavy atom. The largest absolute Gasteiger partial charge is 0.389 e. The van der Waals surface area contributed by atoms with Crippen LogP contribution in [0.25, 0.3) is 0 Å². The normalized spacial score (nSPS) is 8.86. The van der Waals surface area contributed by atoms with Crippen LogP contribution in [-0.2, 0) is 11.2 Å². The van der Waals surface area contributed by atoms with Gasteiger partial charge in [0.2, 0.25) is 0 Å². The zero-order valence-electron chi connectivity index (χ0n) is 14.5. The van der Waals surface area contributed by atoms with Gasteiger partial charge < -0.3 is 10.1 Å². The molecule has 0 unspecified atom stereocenters. The van der Waals surface area contributed by atoms with Crippen molar-refractivity contribution in [1.29, 1.82) is 0 Å². The molecule has 0 atom stereocenters. The molecule has 0 amide bonds. The van der Waals surface area contributed by atoms with Gasteiger partial charge in [-0.05, 0) is 44.6 Å². The lowest BCUT2D eigenvalue weighted by molar-refractivity contribution is -0.106. The Labute approximate surface area is 131 Å². The van der Waals surface area contributed by atoms with Crippen molar-refractivity contribution in [3.05, 3.63) is 48.2 Å². The van der Waals surface area contributed by atoms with Crippen LogP contribution in [0.2, 0.25) is 0 Å². The second-order valence-corrected chi connectivity index (χ2v) is 5.32. The fourth-order valence-electron chi connectivity index (χ4n) is 1.53. The molecule has 1 aromatic carbocycles. The van der Waals surface area contributed by atoms with Crippen molar-refractivity contribution in [2.45, 2.75) is 53.9 Å². The van der Waals surface area contributed by atoms with Crippen molar-refractivity contribution >= 4 is 6.29 Å². The number of hydrogen-bond donors (Lipinski definition) is 1. The summed E-state index contributed by atoms with van der Waals surface area (Å²) in [6, 6.07) is 10.5. The highest BCUT2D eigenvalue weighted by Crippen LogP contribution is 2.01. The van der Waals surface area contributed by atoms with E-state index in [1.807, 2.05) is 13.0 Å². The van der Waals surface area contributed by atoms with Crippen molar-refractivity contribution in [3.63, 3.8) is 0 Å². The van der Waals surface area contributed by atoms with Gasteiger partial charge in [-0.3, -0.25) is 0 Å². The van der Waals surface area contributed by atoms with E-state index in [2.05, 4.69) is 56.9 Å². The highest BCUT2D eigenvalue weighted by molar-refractivity contribution is 5.44. The first-order valence-electron chi connectivity index (χ1n) is 7.80. The highest BCUT2D eigenvalue weighted by atomic mass is 16.1. The van der Waals surface area contributed by atoms with Crippen LogP contribution in [0.15, 0.2) is 42.6 Å². The third kappa shape index (κ3) is 20.9. The van der Waals surface area contributed by atoms with E-state index >= 15 is 0 Å². The zero-order valence-corrected chi connectivity index (χ0v) is 14.5. The van der Waals surface area contributed by atoms with E-state index in [0.29, 0.717) is 0 Å². The molecule has 0 spiro atoms. The molecular formula is C19H33NO. The van der Waals surface area contributed by atoms with Gasteiger partial charge in [0.25, 0.3) is 0 Å².